The van der Waals surface area contributed by atoms with Gasteiger partial charge in [-0.15, -0.1) is 0 Å². The third-order valence-electron chi connectivity index (χ3n) is 2.36. The van der Waals surface area contributed by atoms with Crippen LogP contribution in [0.3, 0.4) is 0 Å². The van der Waals surface area contributed by atoms with Crippen LogP contribution in [0.5, 0.6) is 0 Å². The Hall–Kier alpha value is -2.11. The van der Waals surface area contributed by atoms with Gasteiger partial charge in [0.1, 0.15) is 0 Å². The van der Waals surface area contributed by atoms with Gasteiger partial charge in [-0.2, -0.15) is 0 Å². The zero-order chi connectivity index (χ0) is 13.5. The highest BCUT2D eigenvalue weighted by Crippen LogP contribution is 2.22. The molecule has 1 aromatic rings. The minimum absolute atomic E-state index is 0.0849. The summed E-state index contributed by atoms with van der Waals surface area (Å²) in [6.45, 7) is 5.03. The number of hydrogen-bond donors (Lipinski definition) is 2. The second kappa shape index (κ2) is 6.58. The van der Waals surface area contributed by atoms with E-state index in [1.165, 1.54) is 12.1 Å². The standard InChI is InChI=1S/C12H17N3O3/c1-3-7-14-12(16)10-8-9(15(17)18)5-6-11(10)13-4-2/h5-6,8,13H,3-4,7H2,1-2H3,(H,14,16). The Morgan fingerprint density at radius 3 is 2.67 bits per heavy atom. The zero-order valence-corrected chi connectivity index (χ0v) is 10.5. The summed E-state index contributed by atoms with van der Waals surface area (Å²) in [5.74, 6) is -0.295. The number of hydrogen-bond acceptors (Lipinski definition) is 4. The molecule has 0 aromatic heterocycles. The minimum Gasteiger partial charge on any atom is -0.385 e. The molecule has 0 aliphatic rings. The van der Waals surface area contributed by atoms with Gasteiger partial charge in [0.25, 0.3) is 11.6 Å². The van der Waals surface area contributed by atoms with Gasteiger partial charge in [0, 0.05) is 30.9 Å². The molecule has 0 saturated heterocycles. The smallest absolute Gasteiger partial charge is 0.270 e. The van der Waals surface area contributed by atoms with Crippen LogP contribution in [0, 0.1) is 10.1 Å². The van der Waals surface area contributed by atoms with E-state index >= 15 is 0 Å². The third kappa shape index (κ3) is 3.44. The summed E-state index contributed by atoms with van der Waals surface area (Å²) in [5.41, 5.74) is 0.828. The molecule has 1 amide bonds. The Morgan fingerprint density at radius 1 is 1.39 bits per heavy atom. The molecule has 1 aromatic carbocycles. The maximum atomic E-state index is 11.9. The molecule has 0 unspecified atom stereocenters. The predicted octanol–water partition coefficient (Wildman–Crippen LogP) is 2.17. The topological polar surface area (TPSA) is 84.3 Å². The second-order valence-corrected chi connectivity index (χ2v) is 3.77. The lowest BCUT2D eigenvalue weighted by molar-refractivity contribution is -0.384. The summed E-state index contributed by atoms with van der Waals surface area (Å²) in [5, 5.41) is 16.4. The first-order valence-electron chi connectivity index (χ1n) is 5.90. The van der Waals surface area contributed by atoms with Gasteiger partial charge in [0.05, 0.1) is 10.5 Å². The first-order chi connectivity index (χ1) is 8.60. The number of anilines is 1. The Bertz CT molecular complexity index is 446. The van der Waals surface area contributed by atoms with Crippen LogP contribution in [-0.4, -0.2) is 23.9 Å². The van der Waals surface area contributed by atoms with Crippen molar-refractivity contribution in [1.82, 2.24) is 5.32 Å². The van der Waals surface area contributed by atoms with Crippen molar-refractivity contribution >= 4 is 17.3 Å². The summed E-state index contributed by atoms with van der Waals surface area (Å²) in [6.07, 6.45) is 0.817. The van der Waals surface area contributed by atoms with E-state index in [9.17, 15) is 14.9 Å². The Kier molecular flexibility index (Phi) is 5.10. The molecule has 0 fully saturated rings. The third-order valence-corrected chi connectivity index (χ3v) is 2.36. The molecule has 0 aliphatic carbocycles. The van der Waals surface area contributed by atoms with Crippen LogP contribution in [0.25, 0.3) is 0 Å². The number of nitrogens with one attached hydrogen (secondary N) is 2. The fraction of sp³-hybridized carbons (Fsp3) is 0.417. The molecule has 0 bridgehead atoms. The highest BCUT2D eigenvalue weighted by molar-refractivity contribution is 6.00. The van der Waals surface area contributed by atoms with E-state index in [0.29, 0.717) is 24.3 Å². The van der Waals surface area contributed by atoms with Gasteiger partial charge < -0.3 is 10.6 Å². The number of nitro benzene ring substituents is 1. The van der Waals surface area contributed by atoms with Crippen molar-refractivity contribution in [2.24, 2.45) is 0 Å². The largest absolute Gasteiger partial charge is 0.385 e. The van der Waals surface area contributed by atoms with Crippen molar-refractivity contribution in [2.45, 2.75) is 20.3 Å². The molecule has 18 heavy (non-hydrogen) atoms. The van der Waals surface area contributed by atoms with Crippen molar-refractivity contribution in [3.8, 4) is 0 Å². The highest BCUT2D eigenvalue weighted by Gasteiger charge is 2.15. The van der Waals surface area contributed by atoms with Crippen LogP contribution >= 0.6 is 0 Å². The molecule has 98 valence electrons. The van der Waals surface area contributed by atoms with Crippen LogP contribution in [0.15, 0.2) is 18.2 Å². The Morgan fingerprint density at radius 2 is 2.11 bits per heavy atom. The summed E-state index contributed by atoms with van der Waals surface area (Å²) >= 11 is 0. The summed E-state index contributed by atoms with van der Waals surface area (Å²) in [4.78, 5) is 22.1. The number of rotatable bonds is 6. The first kappa shape index (κ1) is 14.0. The van der Waals surface area contributed by atoms with Gasteiger partial charge >= 0.3 is 0 Å². The van der Waals surface area contributed by atoms with Crippen LogP contribution in [-0.2, 0) is 0 Å². The van der Waals surface area contributed by atoms with Gasteiger partial charge in [0.2, 0.25) is 0 Å². The van der Waals surface area contributed by atoms with Crippen LogP contribution < -0.4 is 10.6 Å². The van der Waals surface area contributed by atoms with E-state index in [4.69, 9.17) is 0 Å². The highest BCUT2D eigenvalue weighted by atomic mass is 16.6. The fourth-order valence-corrected chi connectivity index (χ4v) is 1.51. The Labute approximate surface area is 106 Å². The number of nitrogens with zero attached hydrogens (tertiary/aromatic N) is 1. The molecule has 6 heteroatoms. The number of non-ortho nitro benzene ring substituents is 1. The predicted molar refractivity (Wildman–Crippen MR) is 69.9 cm³/mol. The number of carbonyl (C=O) groups excluding carboxylic acids is 1. The van der Waals surface area contributed by atoms with Gasteiger partial charge in [0.15, 0.2) is 0 Å². The number of nitro groups is 1. The van der Waals surface area contributed by atoms with Crippen molar-refractivity contribution in [1.29, 1.82) is 0 Å². The number of carbonyl (C=O) groups is 1. The summed E-state index contributed by atoms with van der Waals surface area (Å²) in [6, 6.07) is 4.24. The Balaban J connectivity index is 3.06. The quantitative estimate of drug-likeness (QED) is 0.599. The van der Waals surface area contributed by atoms with Crippen molar-refractivity contribution < 1.29 is 9.72 Å². The van der Waals surface area contributed by atoms with Crippen molar-refractivity contribution in [2.75, 3.05) is 18.4 Å². The van der Waals surface area contributed by atoms with Crippen LogP contribution in [0.1, 0.15) is 30.6 Å². The van der Waals surface area contributed by atoms with Crippen LogP contribution in [0.2, 0.25) is 0 Å². The molecule has 2 N–H and O–H groups in total. The molecule has 0 radical (unpaired) electrons. The van der Waals surface area contributed by atoms with E-state index in [0.717, 1.165) is 6.42 Å². The maximum absolute atomic E-state index is 11.9. The molecule has 1 rings (SSSR count). The monoisotopic (exact) mass is 251 g/mol. The molecule has 0 heterocycles. The van der Waals surface area contributed by atoms with Gasteiger partial charge in [-0.3, -0.25) is 14.9 Å². The van der Waals surface area contributed by atoms with Gasteiger partial charge in [-0.25, -0.2) is 0 Å². The molecule has 0 saturated carbocycles. The molecular formula is C12H17N3O3. The average molecular weight is 251 g/mol. The van der Waals surface area contributed by atoms with E-state index in [2.05, 4.69) is 10.6 Å². The molecule has 6 nitrogen and oxygen atoms in total. The van der Waals surface area contributed by atoms with E-state index in [-0.39, 0.29) is 11.6 Å². The summed E-state index contributed by atoms with van der Waals surface area (Å²) in [7, 11) is 0. The normalized spacial score (nSPS) is 9.89. The van der Waals surface area contributed by atoms with Gasteiger partial charge in [-0.1, -0.05) is 6.92 Å². The fourth-order valence-electron chi connectivity index (χ4n) is 1.51. The zero-order valence-electron chi connectivity index (χ0n) is 10.5. The molecule has 0 atom stereocenters. The van der Waals surface area contributed by atoms with Crippen molar-refractivity contribution in [3.63, 3.8) is 0 Å². The lowest BCUT2D eigenvalue weighted by atomic mass is 10.1. The van der Waals surface area contributed by atoms with E-state index in [1.807, 2.05) is 13.8 Å². The van der Waals surface area contributed by atoms with Crippen molar-refractivity contribution in [3.05, 3.63) is 33.9 Å². The van der Waals surface area contributed by atoms with E-state index in [1.54, 1.807) is 6.07 Å². The first-order valence-corrected chi connectivity index (χ1v) is 5.90. The van der Waals surface area contributed by atoms with Crippen LogP contribution in [0.4, 0.5) is 11.4 Å². The van der Waals surface area contributed by atoms with E-state index < -0.39 is 4.92 Å². The molecular weight excluding hydrogens is 234 g/mol. The number of amides is 1. The second-order valence-electron chi connectivity index (χ2n) is 3.77. The molecule has 0 aliphatic heterocycles. The summed E-state index contributed by atoms with van der Waals surface area (Å²) < 4.78 is 0. The van der Waals surface area contributed by atoms with Gasteiger partial charge in [-0.05, 0) is 19.4 Å². The minimum atomic E-state index is -0.508. The number of benzene rings is 1. The lowest BCUT2D eigenvalue weighted by Crippen LogP contribution is -2.25. The molecule has 0 spiro atoms. The maximum Gasteiger partial charge on any atom is 0.270 e. The lowest BCUT2D eigenvalue weighted by Gasteiger charge is -2.10. The SMILES string of the molecule is CCCNC(=O)c1cc([N+](=O)[O-])ccc1NCC. The average Bonchev–Trinajstić information content (AvgIpc) is 2.36.